The highest BCUT2D eigenvalue weighted by Crippen LogP contribution is 2.33. The Kier molecular flexibility index (Phi) is 4.49. The summed E-state index contributed by atoms with van der Waals surface area (Å²) in [6.45, 7) is 3.80. The van der Waals surface area contributed by atoms with Gasteiger partial charge in [-0.25, -0.2) is 4.98 Å². The molecule has 2 aromatic rings. The Morgan fingerprint density at radius 2 is 1.67 bits per heavy atom. The third kappa shape index (κ3) is 3.89. The maximum atomic E-state index is 12.7. The molecular formula is C14H11BrClF3N2. The molecule has 0 atom stereocenters. The second-order valence-corrected chi connectivity index (χ2v) is 5.79. The molecule has 0 amide bonds. The number of anilines is 2. The van der Waals surface area contributed by atoms with Crippen molar-refractivity contribution in [2.24, 2.45) is 0 Å². The van der Waals surface area contributed by atoms with Crippen molar-refractivity contribution in [3.8, 4) is 0 Å². The number of halogens is 5. The molecule has 0 aliphatic heterocycles. The molecule has 0 bridgehead atoms. The molecule has 7 heteroatoms. The first-order valence-corrected chi connectivity index (χ1v) is 7.12. The van der Waals surface area contributed by atoms with E-state index in [9.17, 15) is 13.2 Å². The van der Waals surface area contributed by atoms with Crippen LogP contribution in [0.1, 0.15) is 16.7 Å². The molecule has 0 fully saturated rings. The van der Waals surface area contributed by atoms with E-state index in [-0.39, 0.29) is 11.0 Å². The first-order chi connectivity index (χ1) is 9.66. The minimum absolute atomic E-state index is 0.0518. The molecule has 2 rings (SSSR count). The summed E-state index contributed by atoms with van der Waals surface area (Å²) in [4.78, 5) is 3.87. The van der Waals surface area contributed by atoms with E-state index in [1.165, 1.54) is 0 Å². The minimum Gasteiger partial charge on any atom is -0.340 e. The summed E-state index contributed by atoms with van der Waals surface area (Å²) in [7, 11) is 0. The lowest BCUT2D eigenvalue weighted by Gasteiger charge is -2.12. The average molecular weight is 380 g/mol. The molecular weight excluding hydrogens is 369 g/mol. The summed E-state index contributed by atoms with van der Waals surface area (Å²) >= 11 is 9.09. The van der Waals surface area contributed by atoms with Crippen LogP contribution >= 0.6 is 27.5 Å². The zero-order valence-corrected chi connectivity index (χ0v) is 13.5. The van der Waals surface area contributed by atoms with Crippen molar-refractivity contribution in [2.45, 2.75) is 20.0 Å². The first-order valence-electron chi connectivity index (χ1n) is 5.95. The van der Waals surface area contributed by atoms with E-state index >= 15 is 0 Å². The van der Waals surface area contributed by atoms with Gasteiger partial charge < -0.3 is 5.32 Å². The molecule has 0 spiro atoms. The molecule has 112 valence electrons. The zero-order valence-electron chi connectivity index (χ0n) is 11.1. The number of hydrogen-bond acceptors (Lipinski definition) is 2. The van der Waals surface area contributed by atoms with Gasteiger partial charge in [0.2, 0.25) is 0 Å². The van der Waals surface area contributed by atoms with Gasteiger partial charge >= 0.3 is 6.18 Å². The SMILES string of the molecule is Cc1cc(Nc2cc(C(F)(F)F)cc(Cl)n2)cc(C)c1Br. The normalized spacial score (nSPS) is 11.6. The van der Waals surface area contributed by atoms with Crippen molar-refractivity contribution < 1.29 is 13.2 Å². The van der Waals surface area contributed by atoms with Gasteiger partial charge in [-0.2, -0.15) is 13.2 Å². The van der Waals surface area contributed by atoms with E-state index in [1.807, 2.05) is 26.0 Å². The molecule has 0 saturated heterocycles. The van der Waals surface area contributed by atoms with Crippen LogP contribution in [0.4, 0.5) is 24.7 Å². The molecule has 1 N–H and O–H groups in total. The third-order valence-electron chi connectivity index (χ3n) is 2.83. The van der Waals surface area contributed by atoms with Crippen molar-refractivity contribution in [3.63, 3.8) is 0 Å². The Morgan fingerprint density at radius 3 is 2.19 bits per heavy atom. The van der Waals surface area contributed by atoms with Crippen molar-refractivity contribution in [3.05, 3.63) is 50.6 Å². The second kappa shape index (κ2) is 5.85. The van der Waals surface area contributed by atoms with Crippen LogP contribution in [0.3, 0.4) is 0 Å². The van der Waals surface area contributed by atoms with E-state index < -0.39 is 11.7 Å². The highest BCUT2D eigenvalue weighted by molar-refractivity contribution is 9.10. The summed E-state index contributed by atoms with van der Waals surface area (Å²) in [6, 6.07) is 5.35. The molecule has 0 saturated carbocycles. The van der Waals surface area contributed by atoms with Gasteiger partial charge in [-0.1, -0.05) is 27.5 Å². The monoisotopic (exact) mass is 378 g/mol. The summed E-state index contributed by atoms with van der Waals surface area (Å²) in [5.74, 6) is 0.0518. The number of aryl methyl sites for hydroxylation is 2. The summed E-state index contributed by atoms with van der Waals surface area (Å²) < 4.78 is 39.2. The number of rotatable bonds is 2. The van der Waals surface area contributed by atoms with Crippen molar-refractivity contribution >= 4 is 39.0 Å². The Balaban J connectivity index is 2.38. The lowest BCUT2D eigenvalue weighted by molar-refractivity contribution is -0.137. The van der Waals surface area contributed by atoms with Crippen molar-refractivity contribution in [1.29, 1.82) is 0 Å². The lowest BCUT2D eigenvalue weighted by atomic mass is 10.1. The van der Waals surface area contributed by atoms with Crippen LogP contribution in [-0.4, -0.2) is 4.98 Å². The maximum absolute atomic E-state index is 12.7. The third-order valence-corrected chi connectivity index (χ3v) is 4.27. The molecule has 21 heavy (non-hydrogen) atoms. The second-order valence-electron chi connectivity index (χ2n) is 4.61. The van der Waals surface area contributed by atoms with E-state index in [1.54, 1.807) is 0 Å². The fourth-order valence-electron chi connectivity index (χ4n) is 1.89. The molecule has 0 unspecified atom stereocenters. The van der Waals surface area contributed by atoms with Gasteiger partial charge in [0.15, 0.2) is 0 Å². The quantitative estimate of drug-likeness (QED) is 0.659. The summed E-state index contributed by atoms with van der Waals surface area (Å²) in [5, 5.41) is 2.64. The smallest absolute Gasteiger partial charge is 0.340 e. The van der Waals surface area contributed by atoms with E-state index in [0.29, 0.717) is 5.69 Å². The average Bonchev–Trinajstić information content (AvgIpc) is 2.34. The molecule has 1 aromatic carbocycles. The topological polar surface area (TPSA) is 24.9 Å². The minimum atomic E-state index is -4.46. The highest BCUT2D eigenvalue weighted by Gasteiger charge is 2.31. The standard InChI is InChI=1S/C14H11BrClF3N2/c1-7-3-10(4-8(2)13(7)15)20-12-6-9(14(17,18)19)5-11(16)21-12/h3-6H,1-2H3,(H,20,21). The maximum Gasteiger partial charge on any atom is 0.416 e. The highest BCUT2D eigenvalue weighted by atomic mass is 79.9. The molecule has 1 aromatic heterocycles. The van der Waals surface area contributed by atoms with Crippen LogP contribution in [0.2, 0.25) is 5.15 Å². The lowest BCUT2D eigenvalue weighted by Crippen LogP contribution is -2.07. The predicted octanol–water partition coefficient (Wildman–Crippen LogP) is 5.88. The number of pyridine rings is 1. The van der Waals surface area contributed by atoms with Gasteiger partial charge in [0.05, 0.1) is 5.56 Å². The van der Waals surface area contributed by atoms with Crippen LogP contribution in [0, 0.1) is 13.8 Å². The van der Waals surface area contributed by atoms with Crippen LogP contribution in [0.25, 0.3) is 0 Å². The summed E-state index contributed by atoms with van der Waals surface area (Å²) in [6.07, 6.45) is -4.46. The van der Waals surface area contributed by atoms with Gasteiger partial charge in [-0.3, -0.25) is 0 Å². The van der Waals surface area contributed by atoms with Gasteiger partial charge in [-0.15, -0.1) is 0 Å². The molecule has 1 heterocycles. The number of hydrogen-bond donors (Lipinski definition) is 1. The Morgan fingerprint density at radius 1 is 1.10 bits per heavy atom. The van der Waals surface area contributed by atoms with Gasteiger partial charge in [-0.05, 0) is 49.2 Å². The molecule has 2 nitrogen and oxygen atoms in total. The van der Waals surface area contributed by atoms with Crippen molar-refractivity contribution in [1.82, 2.24) is 4.98 Å². The largest absolute Gasteiger partial charge is 0.416 e. The van der Waals surface area contributed by atoms with Crippen LogP contribution in [0.5, 0.6) is 0 Å². The first kappa shape index (κ1) is 16.1. The summed E-state index contributed by atoms with van der Waals surface area (Å²) in [5.41, 5.74) is 1.75. The molecule has 0 aliphatic rings. The number of nitrogens with zero attached hydrogens (tertiary/aromatic N) is 1. The van der Waals surface area contributed by atoms with Crippen LogP contribution < -0.4 is 5.32 Å². The predicted molar refractivity (Wildman–Crippen MR) is 81.1 cm³/mol. The van der Waals surface area contributed by atoms with Crippen LogP contribution in [0.15, 0.2) is 28.7 Å². The Bertz CT molecular complexity index is 663. The zero-order chi connectivity index (χ0) is 15.8. The molecule has 0 radical (unpaired) electrons. The Labute approximate surface area is 133 Å². The number of benzene rings is 1. The number of alkyl halides is 3. The van der Waals surface area contributed by atoms with Gasteiger partial charge in [0, 0.05) is 10.2 Å². The fraction of sp³-hybridized carbons (Fsp3) is 0.214. The van der Waals surface area contributed by atoms with E-state index in [4.69, 9.17) is 11.6 Å². The number of nitrogens with one attached hydrogen (secondary N) is 1. The number of aromatic nitrogens is 1. The fourth-order valence-corrected chi connectivity index (χ4v) is 2.33. The Hall–Kier alpha value is -1.27. The van der Waals surface area contributed by atoms with Gasteiger partial charge in [0.1, 0.15) is 11.0 Å². The van der Waals surface area contributed by atoms with E-state index in [2.05, 4.69) is 26.2 Å². The van der Waals surface area contributed by atoms with Gasteiger partial charge in [0.25, 0.3) is 0 Å². The van der Waals surface area contributed by atoms with Crippen LogP contribution in [-0.2, 0) is 6.18 Å². The van der Waals surface area contributed by atoms with E-state index in [0.717, 1.165) is 27.7 Å². The van der Waals surface area contributed by atoms with Crippen molar-refractivity contribution in [2.75, 3.05) is 5.32 Å². The molecule has 0 aliphatic carbocycles.